The van der Waals surface area contributed by atoms with Crippen LogP contribution in [-0.4, -0.2) is 29.5 Å². The van der Waals surface area contributed by atoms with Crippen LogP contribution in [0.15, 0.2) is 84.9 Å². The van der Waals surface area contributed by atoms with Crippen LogP contribution in [0.3, 0.4) is 0 Å². The molecule has 0 fully saturated rings. The van der Waals surface area contributed by atoms with E-state index in [0.29, 0.717) is 17.9 Å². The Hall–Kier alpha value is -4.13. The van der Waals surface area contributed by atoms with E-state index in [9.17, 15) is 14.4 Å². The molecule has 0 bridgehead atoms. The molecule has 0 saturated carbocycles. The number of alkyl carbamates (subject to hydrolysis) is 1. The maximum atomic E-state index is 12.8. The third-order valence-electron chi connectivity index (χ3n) is 5.28. The average molecular weight is 504 g/mol. The molecule has 0 aliphatic rings. The Morgan fingerprint density at radius 2 is 1.35 bits per heavy atom. The molecule has 1 amide bonds. The standard InChI is InChI=1S/C30H33NO6/c1-30(2,3)37-29(34)31-26(28(33)36-21-23-12-8-5-9-13-23)18-19-27(32)24-14-16-25(17-15-24)35-20-22-10-6-4-7-11-22/h4-17,26H,18-21H2,1-3H3,(H,31,34)/t26-/m0/s1. The Kier molecular flexibility index (Phi) is 9.84. The van der Waals surface area contributed by atoms with Gasteiger partial charge < -0.3 is 19.5 Å². The number of ether oxygens (including phenoxy) is 3. The Balaban J connectivity index is 1.57. The Labute approximate surface area is 217 Å². The molecule has 37 heavy (non-hydrogen) atoms. The summed E-state index contributed by atoms with van der Waals surface area (Å²) >= 11 is 0. The highest BCUT2D eigenvalue weighted by molar-refractivity contribution is 5.96. The van der Waals surface area contributed by atoms with Gasteiger partial charge in [-0.15, -0.1) is 0 Å². The van der Waals surface area contributed by atoms with Crippen molar-refractivity contribution in [2.24, 2.45) is 0 Å². The number of Topliss-reactive ketones (excluding diaryl/α,β-unsaturated/α-hetero) is 1. The summed E-state index contributed by atoms with van der Waals surface area (Å²) in [6.45, 7) is 5.67. The lowest BCUT2D eigenvalue weighted by Crippen LogP contribution is -2.44. The van der Waals surface area contributed by atoms with Crippen LogP contribution < -0.4 is 10.1 Å². The molecule has 194 valence electrons. The van der Waals surface area contributed by atoms with Crippen LogP contribution in [0.2, 0.25) is 0 Å². The second-order valence-electron chi connectivity index (χ2n) is 9.55. The zero-order valence-corrected chi connectivity index (χ0v) is 21.4. The van der Waals surface area contributed by atoms with Crippen molar-refractivity contribution in [2.45, 2.75) is 58.5 Å². The smallest absolute Gasteiger partial charge is 0.408 e. The van der Waals surface area contributed by atoms with Gasteiger partial charge in [0.15, 0.2) is 5.78 Å². The molecule has 7 nitrogen and oxygen atoms in total. The van der Waals surface area contributed by atoms with E-state index in [1.165, 1.54) is 0 Å². The van der Waals surface area contributed by atoms with Crippen LogP contribution in [0, 0.1) is 0 Å². The van der Waals surface area contributed by atoms with Crippen LogP contribution in [0.25, 0.3) is 0 Å². The van der Waals surface area contributed by atoms with Crippen molar-refractivity contribution in [1.82, 2.24) is 5.32 Å². The molecule has 3 aromatic rings. The molecule has 0 spiro atoms. The van der Waals surface area contributed by atoms with Crippen LogP contribution in [0.1, 0.15) is 55.1 Å². The van der Waals surface area contributed by atoms with Gasteiger partial charge >= 0.3 is 12.1 Å². The molecule has 1 N–H and O–H groups in total. The zero-order chi connectivity index (χ0) is 26.7. The molecule has 3 rings (SSSR count). The highest BCUT2D eigenvalue weighted by atomic mass is 16.6. The molecule has 0 aromatic heterocycles. The summed E-state index contributed by atoms with van der Waals surface area (Å²) in [6.07, 6.45) is -0.648. The Morgan fingerprint density at radius 3 is 1.92 bits per heavy atom. The molecule has 0 aliphatic carbocycles. The Morgan fingerprint density at radius 1 is 0.784 bits per heavy atom. The minimum Gasteiger partial charge on any atom is -0.489 e. The molecule has 0 radical (unpaired) electrons. The van der Waals surface area contributed by atoms with Crippen molar-refractivity contribution in [2.75, 3.05) is 0 Å². The number of carbonyl (C=O) groups is 3. The average Bonchev–Trinajstić information content (AvgIpc) is 2.88. The van der Waals surface area contributed by atoms with Gasteiger partial charge in [-0.25, -0.2) is 9.59 Å². The van der Waals surface area contributed by atoms with E-state index in [4.69, 9.17) is 14.2 Å². The first kappa shape index (κ1) is 27.5. The summed E-state index contributed by atoms with van der Waals surface area (Å²) in [6, 6.07) is 24.8. The van der Waals surface area contributed by atoms with Crippen molar-refractivity contribution in [3.8, 4) is 5.75 Å². The Bertz CT molecular complexity index is 1150. The molecular weight excluding hydrogens is 470 g/mol. The summed E-state index contributed by atoms with van der Waals surface area (Å²) in [4.78, 5) is 37.9. The van der Waals surface area contributed by atoms with Crippen molar-refractivity contribution in [3.05, 3.63) is 102 Å². The van der Waals surface area contributed by atoms with Gasteiger partial charge in [-0.2, -0.15) is 0 Å². The van der Waals surface area contributed by atoms with E-state index >= 15 is 0 Å². The maximum absolute atomic E-state index is 12.8. The monoisotopic (exact) mass is 503 g/mol. The molecule has 0 saturated heterocycles. The highest BCUT2D eigenvalue weighted by Gasteiger charge is 2.26. The van der Waals surface area contributed by atoms with Gasteiger partial charge in [0.05, 0.1) is 0 Å². The number of nitrogens with one attached hydrogen (secondary N) is 1. The van der Waals surface area contributed by atoms with Crippen molar-refractivity contribution >= 4 is 17.8 Å². The number of rotatable bonds is 11. The van der Waals surface area contributed by atoms with Crippen LogP contribution >= 0.6 is 0 Å². The van der Waals surface area contributed by atoms with Crippen LogP contribution in [0.4, 0.5) is 4.79 Å². The van der Waals surface area contributed by atoms with Crippen molar-refractivity contribution < 1.29 is 28.6 Å². The van der Waals surface area contributed by atoms with Crippen molar-refractivity contribution in [1.29, 1.82) is 0 Å². The second-order valence-corrected chi connectivity index (χ2v) is 9.55. The van der Waals surface area contributed by atoms with E-state index in [1.54, 1.807) is 45.0 Å². The van der Waals surface area contributed by atoms with Crippen LogP contribution in [-0.2, 0) is 27.5 Å². The molecular formula is C30H33NO6. The predicted molar refractivity (Wildman–Crippen MR) is 140 cm³/mol. The summed E-state index contributed by atoms with van der Waals surface area (Å²) < 4.78 is 16.5. The molecule has 1 atom stereocenters. The largest absolute Gasteiger partial charge is 0.489 e. The van der Waals surface area contributed by atoms with Crippen molar-refractivity contribution in [3.63, 3.8) is 0 Å². The molecule has 7 heteroatoms. The lowest BCUT2D eigenvalue weighted by atomic mass is 10.0. The maximum Gasteiger partial charge on any atom is 0.408 e. The van der Waals surface area contributed by atoms with Gasteiger partial charge in [0, 0.05) is 12.0 Å². The SMILES string of the molecule is CC(C)(C)OC(=O)N[C@@H](CCC(=O)c1ccc(OCc2ccccc2)cc1)C(=O)OCc1ccccc1. The van der Waals surface area contributed by atoms with Gasteiger partial charge in [-0.1, -0.05) is 60.7 Å². The molecule has 0 aliphatic heterocycles. The molecule has 0 unspecified atom stereocenters. The van der Waals surface area contributed by atoms with E-state index in [2.05, 4.69) is 5.32 Å². The molecule has 3 aromatic carbocycles. The number of benzene rings is 3. The number of hydrogen-bond acceptors (Lipinski definition) is 6. The minimum atomic E-state index is -1.03. The number of esters is 1. The normalized spacial score (nSPS) is 11.8. The lowest BCUT2D eigenvalue weighted by Gasteiger charge is -2.23. The molecule has 0 heterocycles. The topological polar surface area (TPSA) is 90.9 Å². The lowest BCUT2D eigenvalue weighted by molar-refractivity contribution is -0.147. The summed E-state index contributed by atoms with van der Waals surface area (Å²) in [7, 11) is 0. The zero-order valence-electron chi connectivity index (χ0n) is 21.4. The third-order valence-corrected chi connectivity index (χ3v) is 5.28. The quantitative estimate of drug-likeness (QED) is 0.260. The summed E-state index contributed by atoms with van der Waals surface area (Å²) in [5.41, 5.74) is 1.62. The predicted octanol–water partition coefficient (Wildman–Crippen LogP) is 5.87. The highest BCUT2D eigenvalue weighted by Crippen LogP contribution is 2.17. The van der Waals surface area contributed by atoms with Gasteiger partial charge in [0.1, 0.15) is 30.6 Å². The van der Waals surface area contributed by atoms with Gasteiger partial charge in [0.2, 0.25) is 0 Å². The summed E-state index contributed by atoms with van der Waals surface area (Å²) in [5.74, 6) is -0.150. The second kappa shape index (κ2) is 13.3. The van der Waals surface area contributed by atoms with Crippen LogP contribution in [0.5, 0.6) is 5.75 Å². The van der Waals surface area contributed by atoms with Gasteiger partial charge in [-0.05, 0) is 62.6 Å². The first-order valence-electron chi connectivity index (χ1n) is 12.2. The fraction of sp³-hybridized carbons (Fsp3) is 0.300. The minimum absolute atomic E-state index is 0.0329. The van der Waals surface area contributed by atoms with E-state index in [-0.39, 0.29) is 25.2 Å². The first-order chi connectivity index (χ1) is 17.7. The number of carbonyl (C=O) groups excluding carboxylic acids is 3. The fourth-order valence-electron chi connectivity index (χ4n) is 3.43. The number of amides is 1. The number of ketones is 1. The fourth-order valence-corrected chi connectivity index (χ4v) is 3.43. The van der Waals surface area contributed by atoms with E-state index in [0.717, 1.165) is 11.1 Å². The van der Waals surface area contributed by atoms with E-state index in [1.807, 2.05) is 60.7 Å². The third kappa shape index (κ3) is 9.80. The van der Waals surface area contributed by atoms with Gasteiger partial charge in [-0.3, -0.25) is 4.79 Å². The first-order valence-corrected chi connectivity index (χ1v) is 12.2. The number of hydrogen-bond donors (Lipinski definition) is 1. The summed E-state index contributed by atoms with van der Waals surface area (Å²) in [5, 5.41) is 2.55. The van der Waals surface area contributed by atoms with Gasteiger partial charge in [0.25, 0.3) is 0 Å². The van der Waals surface area contributed by atoms with E-state index < -0.39 is 23.7 Å².